The Kier molecular flexibility index (Phi) is 4.88. The van der Waals surface area contributed by atoms with E-state index in [0.29, 0.717) is 12.1 Å². The van der Waals surface area contributed by atoms with Gasteiger partial charge in [-0.25, -0.2) is 4.79 Å². The van der Waals surface area contributed by atoms with E-state index in [-0.39, 0.29) is 6.04 Å². The topological polar surface area (TPSA) is 61.4 Å². The summed E-state index contributed by atoms with van der Waals surface area (Å²) in [6.45, 7) is 4.37. The lowest BCUT2D eigenvalue weighted by molar-refractivity contribution is 0.183. The molecule has 1 saturated carbocycles. The van der Waals surface area contributed by atoms with Crippen molar-refractivity contribution >= 4 is 6.09 Å². The summed E-state index contributed by atoms with van der Waals surface area (Å²) in [6.07, 6.45) is 4.33. The molecule has 88 valence electrons. The molecule has 3 N–H and O–H groups in total. The summed E-state index contributed by atoms with van der Waals surface area (Å²) in [5.41, 5.74) is 0. The number of carboxylic acid groups (broad SMARTS) is 1. The molecule has 4 nitrogen and oxygen atoms in total. The van der Waals surface area contributed by atoms with Crippen molar-refractivity contribution < 1.29 is 9.90 Å². The largest absolute Gasteiger partial charge is 0.465 e. The van der Waals surface area contributed by atoms with Crippen molar-refractivity contribution in [3.05, 3.63) is 0 Å². The van der Waals surface area contributed by atoms with Gasteiger partial charge >= 0.3 is 6.09 Å². The Labute approximate surface area is 91.4 Å². The van der Waals surface area contributed by atoms with E-state index >= 15 is 0 Å². The van der Waals surface area contributed by atoms with Crippen LogP contribution < -0.4 is 10.6 Å². The summed E-state index contributed by atoms with van der Waals surface area (Å²) in [5, 5.41) is 14.7. The van der Waals surface area contributed by atoms with Crippen LogP contribution in [0.25, 0.3) is 0 Å². The second-order valence-corrected chi connectivity index (χ2v) is 4.47. The van der Waals surface area contributed by atoms with Crippen LogP contribution in [0.5, 0.6) is 0 Å². The second-order valence-electron chi connectivity index (χ2n) is 4.47. The molecule has 0 aromatic rings. The maximum absolute atomic E-state index is 10.4. The first kappa shape index (κ1) is 12.3. The first-order valence-corrected chi connectivity index (χ1v) is 5.87. The molecular formula is C11H22N2O2. The highest BCUT2D eigenvalue weighted by atomic mass is 16.4. The third kappa shape index (κ3) is 4.51. The zero-order chi connectivity index (χ0) is 11.3. The zero-order valence-corrected chi connectivity index (χ0v) is 9.62. The van der Waals surface area contributed by atoms with Crippen LogP contribution in [0.15, 0.2) is 0 Å². The smallest absolute Gasteiger partial charge is 0.404 e. The minimum absolute atomic E-state index is 0.164. The van der Waals surface area contributed by atoms with Crippen molar-refractivity contribution in [2.24, 2.45) is 0 Å². The highest BCUT2D eigenvalue weighted by molar-refractivity contribution is 5.64. The van der Waals surface area contributed by atoms with Gasteiger partial charge < -0.3 is 15.7 Å². The Balaban J connectivity index is 2.20. The molecule has 0 heterocycles. The Hall–Kier alpha value is -0.770. The van der Waals surface area contributed by atoms with Gasteiger partial charge in [0.15, 0.2) is 0 Å². The fraction of sp³-hybridized carbons (Fsp3) is 0.909. The van der Waals surface area contributed by atoms with Gasteiger partial charge in [-0.3, -0.25) is 0 Å². The second kappa shape index (κ2) is 5.95. The Bertz CT molecular complexity index is 201. The molecule has 1 atom stereocenters. The summed E-state index contributed by atoms with van der Waals surface area (Å²) < 4.78 is 0. The molecule has 4 heteroatoms. The lowest BCUT2D eigenvalue weighted by atomic mass is 9.91. The molecule has 0 aromatic carbocycles. The van der Waals surface area contributed by atoms with Gasteiger partial charge in [-0.2, -0.15) is 0 Å². The van der Waals surface area contributed by atoms with Gasteiger partial charge in [-0.1, -0.05) is 6.92 Å². The molecule has 15 heavy (non-hydrogen) atoms. The van der Waals surface area contributed by atoms with E-state index in [0.717, 1.165) is 32.1 Å². The van der Waals surface area contributed by atoms with Gasteiger partial charge in [0.1, 0.15) is 0 Å². The van der Waals surface area contributed by atoms with Crippen LogP contribution in [0, 0.1) is 0 Å². The zero-order valence-electron chi connectivity index (χ0n) is 9.62. The Morgan fingerprint density at radius 1 is 1.33 bits per heavy atom. The van der Waals surface area contributed by atoms with E-state index in [1.165, 1.54) is 0 Å². The molecule has 1 unspecified atom stereocenters. The molecule has 1 rings (SSSR count). The first-order chi connectivity index (χ1) is 7.11. The maximum atomic E-state index is 10.4. The van der Waals surface area contributed by atoms with Crippen molar-refractivity contribution in [1.29, 1.82) is 0 Å². The SMILES string of the molecule is CCC(C)NC1CCC(NC(=O)O)CC1. The molecule has 0 aromatic heterocycles. The third-order valence-corrected chi connectivity index (χ3v) is 3.19. The summed E-state index contributed by atoms with van der Waals surface area (Å²) in [7, 11) is 0. The van der Waals surface area contributed by atoms with Crippen molar-refractivity contribution in [3.8, 4) is 0 Å². The van der Waals surface area contributed by atoms with Crippen LogP contribution in [0.3, 0.4) is 0 Å². The molecule has 1 aliphatic carbocycles. The minimum Gasteiger partial charge on any atom is -0.465 e. The average Bonchev–Trinajstić information content (AvgIpc) is 2.20. The molecular weight excluding hydrogens is 192 g/mol. The molecule has 0 aliphatic heterocycles. The van der Waals surface area contributed by atoms with Crippen molar-refractivity contribution in [2.75, 3.05) is 0 Å². The van der Waals surface area contributed by atoms with Crippen molar-refractivity contribution in [3.63, 3.8) is 0 Å². The molecule has 0 radical (unpaired) electrons. The van der Waals surface area contributed by atoms with Gasteiger partial charge in [-0.05, 0) is 39.0 Å². The minimum atomic E-state index is -0.895. The highest BCUT2D eigenvalue weighted by Gasteiger charge is 2.22. The van der Waals surface area contributed by atoms with E-state index in [4.69, 9.17) is 5.11 Å². The number of amides is 1. The fourth-order valence-corrected chi connectivity index (χ4v) is 2.10. The molecule has 1 aliphatic rings. The summed E-state index contributed by atoms with van der Waals surface area (Å²) in [6, 6.07) is 1.31. The van der Waals surface area contributed by atoms with Gasteiger partial charge in [-0.15, -0.1) is 0 Å². The standard InChI is InChI=1S/C11H22N2O2/c1-3-8(2)12-9-4-6-10(7-5-9)13-11(14)15/h8-10,12-13H,3-7H2,1-2H3,(H,14,15). The molecule has 1 amide bonds. The number of hydrogen-bond acceptors (Lipinski definition) is 2. The van der Waals surface area contributed by atoms with E-state index in [9.17, 15) is 4.79 Å². The van der Waals surface area contributed by atoms with Crippen LogP contribution in [-0.4, -0.2) is 29.3 Å². The maximum Gasteiger partial charge on any atom is 0.404 e. The number of carbonyl (C=O) groups is 1. The quantitative estimate of drug-likeness (QED) is 0.670. The van der Waals surface area contributed by atoms with Crippen molar-refractivity contribution in [1.82, 2.24) is 10.6 Å². The van der Waals surface area contributed by atoms with Crippen molar-refractivity contribution in [2.45, 2.75) is 64.1 Å². The van der Waals surface area contributed by atoms with E-state index in [1.54, 1.807) is 0 Å². The summed E-state index contributed by atoms with van der Waals surface area (Å²) in [5.74, 6) is 0. The normalized spacial score (nSPS) is 28.4. The number of hydrogen-bond donors (Lipinski definition) is 3. The first-order valence-electron chi connectivity index (χ1n) is 5.87. The van der Waals surface area contributed by atoms with Crippen LogP contribution >= 0.6 is 0 Å². The van der Waals surface area contributed by atoms with Crippen LogP contribution in [0.4, 0.5) is 4.79 Å². The fourth-order valence-electron chi connectivity index (χ4n) is 2.10. The molecule has 1 fully saturated rings. The monoisotopic (exact) mass is 214 g/mol. The van der Waals surface area contributed by atoms with Crippen LogP contribution in [-0.2, 0) is 0 Å². The lowest BCUT2D eigenvalue weighted by Crippen LogP contribution is -2.44. The van der Waals surface area contributed by atoms with E-state index < -0.39 is 6.09 Å². The van der Waals surface area contributed by atoms with Gasteiger partial charge in [0.25, 0.3) is 0 Å². The summed E-state index contributed by atoms with van der Waals surface area (Å²) in [4.78, 5) is 10.4. The average molecular weight is 214 g/mol. The number of nitrogens with one attached hydrogen (secondary N) is 2. The van der Waals surface area contributed by atoms with Crippen LogP contribution in [0.2, 0.25) is 0 Å². The Morgan fingerprint density at radius 3 is 2.33 bits per heavy atom. The third-order valence-electron chi connectivity index (χ3n) is 3.19. The van der Waals surface area contributed by atoms with E-state index in [1.807, 2.05) is 0 Å². The molecule has 0 spiro atoms. The van der Waals surface area contributed by atoms with Gasteiger partial charge in [0, 0.05) is 18.1 Å². The number of rotatable bonds is 4. The molecule has 0 bridgehead atoms. The predicted molar refractivity (Wildman–Crippen MR) is 60.1 cm³/mol. The van der Waals surface area contributed by atoms with Gasteiger partial charge in [0.05, 0.1) is 0 Å². The Morgan fingerprint density at radius 2 is 1.87 bits per heavy atom. The van der Waals surface area contributed by atoms with Crippen LogP contribution in [0.1, 0.15) is 46.0 Å². The lowest BCUT2D eigenvalue weighted by Gasteiger charge is -2.30. The summed E-state index contributed by atoms with van der Waals surface area (Å²) >= 11 is 0. The predicted octanol–water partition coefficient (Wildman–Crippen LogP) is 1.95. The molecule has 0 saturated heterocycles. The van der Waals surface area contributed by atoms with Gasteiger partial charge in [0.2, 0.25) is 0 Å². The van der Waals surface area contributed by atoms with E-state index in [2.05, 4.69) is 24.5 Å². The highest BCUT2D eigenvalue weighted by Crippen LogP contribution is 2.19.